The lowest BCUT2D eigenvalue weighted by atomic mass is 9.98. The van der Waals surface area contributed by atoms with Gasteiger partial charge in [-0.3, -0.25) is 4.79 Å². The zero-order chi connectivity index (χ0) is 18.8. The van der Waals surface area contributed by atoms with Gasteiger partial charge in [0, 0.05) is 36.1 Å². The summed E-state index contributed by atoms with van der Waals surface area (Å²) in [6, 6.07) is 11.1. The average molecular weight is 367 g/mol. The second-order valence-corrected chi connectivity index (χ2v) is 7.02. The van der Waals surface area contributed by atoms with Crippen LogP contribution in [0.2, 0.25) is 0 Å². The van der Waals surface area contributed by atoms with Crippen molar-refractivity contribution in [1.82, 2.24) is 0 Å². The molecule has 2 aliphatic rings. The fourth-order valence-electron chi connectivity index (χ4n) is 3.71. The zero-order valence-corrected chi connectivity index (χ0v) is 15.5. The number of nitrogen functional groups attached to an aromatic ring is 1. The van der Waals surface area contributed by atoms with E-state index in [-0.39, 0.29) is 11.9 Å². The number of carbonyl (C=O) groups is 1. The van der Waals surface area contributed by atoms with Gasteiger partial charge in [-0.2, -0.15) is 0 Å². The molecule has 2 aromatic rings. The molecular formula is C21H25N3O3. The first-order chi connectivity index (χ1) is 13.1. The smallest absolute Gasteiger partial charge is 0.246 e. The minimum atomic E-state index is -0.304. The Hall–Kier alpha value is -2.89. The number of fused-ring (bicyclic) bond motifs is 2. The number of nitrogens with zero attached hydrogens (tertiary/aromatic N) is 1. The van der Waals surface area contributed by atoms with Crippen molar-refractivity contribution in [2.45, 2.75) is 32.2 Å². The van der Waals surface area contributed by atoms with E-state index in [1.807, 2.05) is 43.3 Å². The molecule has 6 heteroatoms. The normalized spacial score (nSPS) is 16.9. The van der Waals surface area contributed by atoms with Gasteiger partial charge in [0.1, 0.15) is 6.04 Å². The minimum absolute atomic E-state index is 0.0558. The third kappa shape index (κ3) is 3.52. The quantitative estimate of drug-likeness (QED) is 0.815. The lowest BCUT2D eigenvalue weighted by Crippen LogP contribution is -2.44. The monoisotopic (exact) mass is 367 g/mol. The third-order valence-electron chi connectivity index (χ3n) is 5.18. The van der Waals surface area contributed by atoms with Crippen molar-refractivity contribution in [1.29, 1.82) is 0 Å². The molecule has 6 nitrogen and oxygen atoms in total. The first-order valence-corrected chi connectivity index (χ1v) is 9.48. The summed E-state index contributed by atoms with van der Waals surface area (Å²) in [5.74, 6) is 1.34. The molecule has 0 aliphatic carbocycles. The molecule has 142 valence electrons. The van der Waals surface area contributed by atoms with Crippen LogP contribution >= 0.6 is 0 Å². The number of benzene rings is 2. The molecule has 0 bridgehead atoms. The Balaban J connectivity index is 1.51. The Morgan fingerprint density at radius 3 is 2.81 bits per heavy atom. The Labute approximate surface area is 159 Å². The lowest BCUT2D eigenvalue weighted by molar-refractivity contribution is -0.117. The molecular weight excluding hydrogens is 342 g/mol. The molecule has 27 heavy (non-hydrogen) atoms. The van der Waals surface area contributed by atoms with Gasteiger partial charge >= 0.3 is 0 Å². The first-order valence-electron chi connectivity index (χ1n) is 9.48. The van der Waals surface area contributed by atoms with Crippen LogP contribution in [-0.2, 0) is 11.2 Å². The highest BCUT2D eigenvalue weighted by Crippen LogP contribution is 2.34. The average Bonchev–Trinajstić information content (AvgIpc) is 2.92. The van der Waals surface area contributed by atoms with Gasteiger partial charge in [-0.05, 0) is 49.6 Å². The summed E-state index contributed by atoms with van der Waals surface area (Å²) in [6.07, 6.45) is 2.79. The van der Waals surface area contributed by atoms with Gasteiger partial charge in [-0.15, -0.1) is 0 Å². The highest BCUT2D eigenvalue weighted by atomic mass is 16.5. The number of ether oxygens (including phenoxy) is 2. The van der Waals surface area contributed by atoms with E-state index in [1.165, 1.54) is 0 Å². The standard InChI is InChI=1S/C21H25N3O3/c1-14(24-10-3-5-16-17(22)6-2-7-18(16)24)21(25)23-15-8-9-19-20(13-15)27-12-4-11-26-19/h2,6-9,13-14H,3-5,10-12,22H2,1H3,(H,23,25). The summed E-state index contributed by atoms with van der Waals surface area (Å²) in [5.41, 5.74) is 9.83. The number of nitrogens with one attached hydrogen (secondary N) is 1. The molecule has 2 aromatic carbocycles. The van der Waals surface area contributed by atoms with E-state index < -0.39 is 0 Å². The van der Waals surface area contributed by atoms with Crippen molar-refractivity contribution in [3.05, 3.63) is 42.0 Å². The fourth-order valence-corrected chi connectivity index (χ4v) is 3.71. The van der Waals surface area contributed by atoms with Gasteiger partial charge in [0.2, 0.25) is 5.91 Å². The van der Waals surface area contributed by atoms with Crippen LogP contribution in [0.1, 0.15) is 25.3 Å². The molecule has 1 amide bonds. The topological polar surface area (TPSA) is 76.8 Å². The molecule has 3 N–H and O–H groups in total. The van der Waals surface area contributed by atoms with Crippen molar-refractivity contribution in [3.8, 4) is 11.5 Å². The molecule has 0 radical (unpaired) electrons. The Morgan fingerprint density at radius 2 is 1.96 bits per heavy atom. The van der Waals surface area contributed by atoms with Crippen LogP contribution in [0, 0.1) is 0 Å². The highest BCUT2D eigenvalue weighted by molar-refractivity contribution is 5.97. The fraction of sp³-hybridized carbons (Fsp3) is 0.381. The van der Waals surface area contributed by atoms with E-state index in [1.54, 1.807) is 0 Å². The summed E-state index contributed by atoms with van der Waals surface area (Å²) in [7, 11) is 0. The van der Waals surface area contributed by atoms with Gasteiger partial charge in [0.05, 0.1) is 13.2 Å². The number of hydrogen-bond donors (Lipinski definition) is 2. The number of nitrogens with two attached hydrogens (primary N) is 1. The van der Waals surface area contributed by atoms with Crippen LogP contribution in [-0.4, -0.2) is 31.7 Å². The Morgan fingerprint density at radius 1 is 1.15 bits per heavy atom. The van der Waals surface area contributed by atoms with Crippen molar-refractivity contribution in [3.63, 3.8) is 0 Å². The van der Waals surface area contributed by atoms with Crippen molar-refractivity contribution < 1.29 is 14.3 Å². The van der Waals surface area contributed by atoms with Crippen LogP contribution in [0.5, 0.6) is 11.5 Å². The van der Waals surface area contributed by atoms with E-state index in [9.17, 15) is 4.79 Å². The summed E-state index contributed by atoms with van der Waals surface area (Å²) >= 11 is 0. The van der Waals surface area contributed by atoms with Crippen LogP contribution < -0.4 is 25.4 Å². The molecule has 0 spiro atoms. The van der Waals surface area contributed by atoms with E-state index >= 15 is 0 Å². The lowest BCUT2D eigenvalue weighted by Gasteiger charge is -2.36. The number of carbonyl (C=O) groups excluding carboxylic acids is 1. The van der Waals surface area contributed by atoms with Gasteiger partial charge in [0.25, 0.3) is 0 Å². The van der Waals surface area contributed by atoms with Crippen LogP contribution in [0.15, 0.2) is 36.4 Å². The SMILES string of the molecule is CC(C(=O)Nc1ccc2c(c1)OCCCO2)N1CCCc2c(N)cccc21. The highest BCUT2D eigenvalue weighted by Gasteiger charge is 2.27. The molecule has 2 heterocycles. The molecule has 4 rings (SSSR count). The maximum atomic E-state index is 12.9. The second kappa shape index (κ2) is 7.39. The molecule has 0 saturated carbocycles. The zero-order valence-electron chi connectivity index (χ0n) is 15.5. The van der Waals surface area contributed by atoms with Crippen molar-refractivity contribution in [2.75, 3.05) is 35.7 Å². The van der Waals surface area contributed by atoms with E-state index in [0.717, 1.165) is 48.5 Å². The molecule has 0 saturated heterocycles. The van der Waals surface area contributed by atoms with Crippen molar-refractivity contribution >= 4 is 23.0 Å². The number of anilines is 3. The van der Waals surface area contributed by atoms with Crippen LogP contribution in [0.25, 0.3) is 0 Å². The number of amides is 1. The molecule has 2 aliphatic heterocycles. The van der Waals surface area contributed by atoms with Gasteiger partial charge in [-0.1, -0.05) is 6.07 Å². The summed E-state index contributed by atoms with van der Waals surface area (Å²) < 4.78 is 11.4. The Kier molecular flexibility index (Phi) is 4.79. The Bertz CT molecular complexity index is 853. The number of rotatable bonds is 3. The van der Waals surface area contributed by atoms with Crippen LogP contribution in [0.4, 0.5) is 17.1 Å². The van der Waals surface area contributed by atoms with E-state index in [4.69, 9.17) is 15.2 Å². The summed E-state index contributed by atoms with van der Waals surface area (Å²) in [4.78, 5) is 15.0. The minimum Gasteiger partial charge on any atom is -0.490 e. The first kappa shape index (κ1) is 17.5. The molecule has 1 atom stereocenters. The van der Waals surface area contributed by atoms with E-state index in [2.05, 4.69) is 10.2 Å². The molecule has 0 aromatic heterocycles. The molecule has 1 unspecified atom stereocenters. The number of hydrogen-bond acceptors (Lipinski definition) is 5. The molecule has 0 fully saturated rings. The maximum absolute atomic E-state index is 12.9. The third-order valence-corrected chi connectivity index (χ3v) is 5.18. The van der Waals surface area contributed by atoms with E-state index in [0.29, 0.717) is 24.7 Å². The largest absolute Gasteiger partial charge is 0.490 e. The predicted molar refractivity (Wildman–Crippen MR) is 107 cm³/mol. The van der Waals surface area contributed by atoms with Gasteiger partial charge in [-0.25, -0.2) is 0 Å². The summed E-state index contributed by atoms with van der Waals surface area (Å²) in [5, 5.41) is 3.01. The predicted octanol–water partition coefficient (Wildman–Crippen LogP) is 3.21. The van der Waals surface area contributed by atoms with Gasteiger partial charge < -0.3 is 25.4 Å². The van der Waals surface area contributed by atoms with Crippen molar-refractivity contribution in [2.24, 2.45) is 0 Å². The summed E-state index contributed by atoms with van der Waals surface area (Å²) in [6.45, 7) is 4.03. The maximum Gasteiger partial charge on any atom is 0.246 e. The van der Waals surface area contributed by atoms with Gasteiger partial charge in [0.15, 0.2) is 11.5 Å². The van der Waals surface area contributed by atoms with Crippen LogP contribution in [0.3, 0.4) is 0 Å². The second-order valence-electron chi connectivity index (χ2n) is 7.02.